The first-order valence-electron chi connectivity index (χ1n) is 8.71. The predicted molar refractivity (Wildman–Crippen MR) is 111 cm³/mol. The summed E-state index contributed by atoms with van der Waals surface area (Å²) >= 11 is 2.32. The third kappa shape index (κ3) is 4.58. The molecule has 2 aromatic heterocycles. The van der Waals surface area contributed by atoms with Crippen molar-refractivity contribution in [3.05, 3.63) is 50.5 Å². The minimum Gasteiger partial charge on any atom is -0.493 e. The van der Waals surface area contributed by atoms with Crippen molar-refractivity contribution in [3.63, 3.8) is 0 Å². The maximum absolute atomic E-state index is 6.10. The number of ether oxygens (including phenoxy) is 2. The summed E-state index contributed by atoms with van der Waals surface area (Å²) in [6.45, 7) is 6.54. The molecule has 7 heteroatoms. The zero-order valence-corrected chi connectivity index (χ0v) is 18.0. The Kier molecular flexibility index (Phi) is 6.30. The van der Waals surface area contributed by atoms with E-state index in [-0.39, 0.29) is 0 Å². The smallest absolute Gasteiger partial charge is 0.223 e. The number of pyridine rings is 1. The van der Waals surface area contributed by atoms with Crippen molar-refractivity contribution >= 4 is 22.6 Å². The molecule has 0 fully saturated rings. The maximum atomic E-state index is 6.10. The van der Waals surface area contributed by atoms with Gasteiger partial charge < -0.3 is 14.0 Å². The van der Waals surface area contributed by atoms with E-state index in [1.165, 1.54) is 5.56 Å². The molecule has 0 bridgehead atoms. The van der Waals surface area contributed by atoms with E-state index in [4.69, 9.17) is 14.0 Å². The van der Waals surface area contributed by atoms with E-state index in [9.17, 15) is 0 Å². The SMILES string of the molecule is COc1ccc(CCCOc2c(C)cc(-c3noc(C)n3)c(I)c2C)cn1. The zero-order chi connectivity index (χ0) is 19.4. The molecule has 0 aliphatic heterocycles. The molecule has 0 spiro atoms. The van der Waals surface area contributed by atoms with Gasteiger partial charge in [-0.25, -0.2) is 4.98 Å². The first-order chi connectivity index (χ1) is 13.0. The van der Waals surface area contributed by atoms with Crippen LogP contribution in [0.3, 0.4) is 0 Å². The molecule has 0 saturated carbocycles. The van der Waals surface area contributed by atoms with Crippen LogP contribution >= 0.6 is 22.6 Å². The summed E-state index contributed by atoms with van der Waals surface area (Å²) in [6.07, 6.45) is 3.67. The largest absolute Gasteiger partial charge is 0.493 e. The molecule has 0 aliphatic rings. The Balaban J connectivity index is 1.65. The van der Waals surface area contributed by atoms with Crippen LogP contribution in [0.5, 0.6) is 11.6 Å². The fourth-order valence-corrected chi connectivity index (χ4v) is 3.51. The Labute approximate surface area is 172 Å². The number of halogens is 1. The fourth-order valence-electron chi connectivity index (χ4n) is 2.87. The van der Waals surface area contributed by atoms with Crippen LogP contribution in [0.4, 0.5) is 0 Å². The van der Waals surface area contributed by atoms with Crippen LogP contribution in [0.15, 0.2) is 28.9 Å². The van der Waals surface area contributed by atoms with Crippen molar-refractivity contribution in [2.75, 3.05) is 13.7 Å². The van der Waals surface area contributed by atoms with Crippen molar-refractivity contribution in [1.82, 2.24) is 15.1 Å². The van der Waals surface area contributed by atoms with Gasteiger partial charge in [-0.2, -0.15) is 4.98 Å². The highest BCUT2D eigenvalue weighted by Gasteiger charge is 2.17. The van der Waals surface area contributed by atoms with Gasteiger partial charge in [-0.3, -0.25) is 0 Å². The van der Waals surface area contributed by atoms with E-state index in [1.807, 2.05) is 25.3 Å². The molecular weight excluding hydrogens is 457 g/mol. The average Bonchev–Trinajstić information content (AvgIpc) is 3.10. The molecule has 3 rings (SSSR count). The van der Waals surface area contributed by atoms with E-state index in [2.05, 4.69) is 50.7 Å². The van der Waals surface area contributed by atoms with Crippen molar-refractivity contribution in [1.29, 1.82) is 0 Å². The van der Waals surface area contributed by atoms with Crippen LogP contribution in [0.1, 0.15) is 29.0 Å². The van der Waals surface area contributed by atoms with E-state index >= 15 is 0 Å². The number of rotatable bonds is 7. The number of aromatic nitrogens is 3. The number of benzene rings is 1. The normalized spacial score (nSPS) is 10.9. The summed E-state index contributed by atoms with van der Waals surface area (Å²) in [6, 6.07) is 5.97. The van der Waals surface area contributed by atoms with Gasteiger partial charge in [0.15, 0.2) is 0 Å². The van der Waals surface area contributed by atoms with Gasteiger partial charge in [0, 0.05) is 33.9 Å². The lowest BCUT2D eigenvalue weighted by Crippen LogP contribution is -2.04. The summed E-state index contributed by atoms with van der Waals surface area (Å²) in [7, 11) is 1.62. The van der Waals surface area contributed by atoms with Gasteiger partial charge in [0.2, 0.25) is 17.6 Å². The van der Waals surface area contributed by atoms with Crippen molar-refractivity contribution in [3.8, 4) is 23.0 Å². The molecule has 0 atom stereocenters. The number of nitrogens with zero attached hydrogens (tertiary/aromatic N) is 3. The Hall–Kier alpha value is -2.16. The number of hydrogen-bond donors (Lipinski definition) is 0. The Morgan fingerprint density at radius 2 is 2.00 bits per heavy atom. The van der Waals surface area contributed by atoms with E-state index < -0.39 is 0 Å². The van der Waals surface area contributed by atoms with Crippen LogP contribution in [-0.2, 0) is 6.42 Å². The first-order valence-corrected chi connectivity index (χ1v) is 9.79. The van der Waals surface area contributed by atoms with Gasteiger partial charge in [-0.1, -0.05) is 11.2 Å². The van der Waals surface area contributed by atoms with Gasteiger partial charge in [0.25, 0.3) is 0 Å². The second-order valence-electron chi connectivity index (χ2n) is 6.31. The Morgan fingerprint density at radius 1 is 1.19 bits per heavy atom. The quantitative estimate of drug-likeness (QED) is 0.362. The number of methoxy groups -OCH3 is 1. The molecule has 0 aliphatic carbocycles. The molecule has 0 N–H and O–H groups in total. The van der Waals surface area contributed by atoms with Crippen LogP contribution in [0.2, 0.25) is 0 Å². The first kappa shape index (κ1) is 19.6. The second kappa shape index (κ2) is 8.69. The standard InChI is InChI=1S/C20H22IN3O3/c1-12-10-16(20-23-14(3)27-24-20)18(21)13(2)19(12)26-9-5-6-15-7-8-17(25-4)22-11-15/h7-8,10-11H,5-6,9H2,1-4H3. The number of aryl methyl sites for hydroxylation is 3. The van der Waals surface area contributed by atoms with Crippen LogP contribution in [-0.4, -0.2) is 28.8 Å². The minimum absolute atomic E-state index is 0.560. The molecule has 0 saturated heterocycles. The predicted octanol–water partition coefficient (Wildman–Crippen LogP) is 4.68. The van der Waals surface area contributed by atoms with Gasteiger partial charge in [-0.15, -0.1) is 0 Å². The molecule has 3 aromatic rings. The Bertz CT molecular complexity index is 923. The lowest BCUT2D eigenvalue weighted by atomic mass is 10.1. The summed E-state index contributed by atoms with van der Waals surface area (Å²) < 4.78 is 17.4. The molecule has 27 heavy (non-hydrogen) atoms. The summed E-state index contributed by atoms with van der Waals surface area (Å²) in [5, 5.41) is 4.03. The van der Waals surface area contributed by atoms with Crippen molar-refractivity contribution in [2.24, 2.45) is 0 Å². The highest BCUT2D eigenvalue weighted by atomic mass is 127. The van der Waals surface area contributed by atoms with Crippen molar-refractivity contribution < 1.29 is 14.0 Å². The van der Waals surface area contributed by atoms with Crippen LogP contribution in [0.25, 0.3) is 11.4 Å². The second-order valence-corrected chi connectivity index (χ2v) is 7.39. The third-order valence-corrected chi connectivity index (χ3v) is 5.65. The molecule has 6 nitrogen and oxygen atoms in total. The molecular formula is C20H22IN3O3. The van der Waals surface area contributed by atoms with Gasteiger partial charge in [0.05, 0.1) is 13.7 Å². The molecule has 0 radical (unpaired) electrons. The molecule has 0 amide bonds. The van der Waals surface area contributed by atoms with E-state index in [1.54, 1.807) is 14.0 Å². The minimum atomic E-state index is 0.560. The summed E-state index contributed by atoms with van der Waals surface area (Å²) in [5.74, 6) is 2.73. The Morgan fingerprint density at radius 3 is 2.63 bits per heavy atom. The highest BCUT2D eigenvalue weighted by molar-refractivity contribution is 14.1. The topological polar surface area (TPSA) is 70.3 Å². The number of hydrogen-bond acceptors (Lipinski definition) is 6. The third-order valence-electron chi connectivity index (χ3n) is 4.26. The van der Waals surface area contributed by atoms with Gasteiger partial charge in [0.1, 0.15) is 5.75 Å². The molecule has 1 aromatic carbocycles. The monoisotopic (exact) mass is 479 g/mol. The van der Waals surface area contributed by atoms with E-state index in [0.717, 1.165) is 38.9 Å². The van der Waals surface area contributed by atoms with E-state index in [0.29, 0.717) is 24.2 Å². The zero-order valence-electron chi connectivity index (χ0n) is 15.9. The summed E-state index contributed by atoms with van der Waals surface area (Å²) in [5.41, 5.74) is 4.31. The van der Waals surface area contributed by atoms with Crippen LogP contribution < -0.4 is 9.47 Å². The summed E-state index contributed by atoms with van der Waals surface area (Å²) in [4.78, 5) is 8.57. The average molecular weight is 479 g/mol. The van der Waals surface area contributed by atoms with Crippen LogP contribution in [0, 0.1) is 24.3 Å². The lowest BCUT2D eigenvalue weighted by Gasteiger charge is -2.15. The van der Waals surface area contributed by atoms with Gasteiger partial charge >= 0.3 is 0 Å². The lowest BCUT2D eigenvalue weighted by molar-refractivity contribution is 0.306. The molecule has 0 unspecified atom stereocenters. The van der Waals surface area contributed by atoms with Gasteiger partial charge in [-0.05, 0) is 66.5 Å². The maximum Gasteiger partial charge on any atom is 0.223 e. The van der Waals surface area contributed by atoms with Crippen molar-refractivity contribution in [2.45, 2.75) is 33.6 Å². The fraction of sp³-hybridized carbons (Fsp3) is 0.350. The molecule has 142 valence electrons. The molecule has 2 heterocycles. The highest BCUT2D eigenvalue weighted by Crippen LogP contribution is 2.34.